The minimum atomic E-state index is -0.229. The molecule has 0 amide bonds. The van der Waals surface area contributed by atoms with Gasteiger partial charge in [0, 0.05) is 29.0 Å². The van der Waals surface area contributed by atoms with Gasteiger partial charge in [0.25, 0.3) is 0 Å². The van der Waals surface area contributed by atoms with Crippen LogP contribution in [0.3, 0.4) is 0 Å². The van der Waals surface area contributed by atoms with Crippen LogP contribution < -0.4 is 5.32 Å². The molecule has 0 saturated carbocycles. The molecule has 0 fully saturated rings. The zero-order valence-electron chi connectivity index (χ0n) is 11.0. The molecule has 2 atom stereocenters. The Hall–Kier alpha value is -1.20. The molecule has 2 aromatic rings. The highest BCUT2D eigenvalue weighted by Crippen LogP contribution is 2.24. The summed E-state index contributed by atoms with van der Waals surface area (Å²) < 4.78 is 15.7. The second-order valence-electron chi connectivity index (χ2n) is 4.68. The monoisotopic (exact) mass is 325 g/mol. The first-order valence-corrected chi connectivity index (χ1v) is 7.04. The van der Waals surface area contributed by atoms with Gasteiger partial charge in [0.15, 0.2) is 0 Å². The molecule has 19 heavy (non-hydrogen) atoms. The average molecular weight is 326 g/mol. The lowest BCUT2D eigenvalue weighted by molar-refractivity contribution is 0.412. The summed E-state index contributed by atoms with van der Waals surface area (Å²) in [7, 11) is 0. The van der Waals surface area contributed by atoms with Gasteiger partial charge in [0.05, 0.1) is 6.54 Å². The lowest BCUT2D eigenvalue weighted by atomic mass is 10.1. The van der Waals surface area contributed by atoms with Crippen LogP contribution in [0.2, 0.25) is 0 Å². The standard InChI is InChI=1S/C14H17BrFN3/c1-10(9-19-7-3-6-17-19)18-11(2)13-5-4-12(16)8-14(13)15/h3-8,10-11,18H,9H2,1-2H3. The molecule has 1 aromatic heterocycles. The topological polar surface area (TPSA) is 29.9 Å². The summed E-state index contributed by atoms with van der Waals surface area (Å²) in [4.78, 5) is 0. The van der Waals surface area contributed by atoms with Crippen LogP contribution in [0, 0.1) is 5.82 Å². The summed E-state index contributed by atoms with van der Waals surface area (Å²) in [6.07, 6.45) is 3.71. The third-order valence-corrected chi connectivity index (χ3v) is 3.67. The van der Waals surface area contributed by atoms with Crippen molar-refractivity contribution in [3.63, 3.8) is 0 Å². The highest BCUT2D eigenvalue weighted by Gasteiger charge is 2.13. The van der Waals surface area contributed by atoms with E-state index in [1.165, 1.54) is 12.1 Å². The summed E-state index contributed by atoms with van der Waals surface area (Å²) >= 11 is 3.40. The van der Waals surface area contributed by atoms with Gasteiger partial charge in [0.1, 0.15) is 5.82 Å². The van der Waals surface area contributed by atoms with E-state index in [4.69, 9.17) is 0 Å². The Morgan fingerprint density at radius 1 is 1.42 bits per heavy atom. The van der Waals surface area contributed by atoms with Gasteiger partial charge in [-0.1, -0.05) is 22.0 Å². The van der Waals surface area contributed by atoms with Gasteiger partial charge in [-0.05, 0) is 37.6 Å². The van der Waals surface area contributed by atoms with Gasteiger partial charge in [-0.25, -0.2) is 4.39 Å². The van der Waals surface area contributed by atoms with Crippen molar-refractivity contribution in [3.8, 4) is 0 Å². The number of aromatic nitrogens is 2. The zero-order valence-corrected chi connectivity index (χ0v) is 12.6. The maximum absolute atomic E-state index is 13.1. The smallest absolute Gasteiger partial charge is 0.124 e. The van der Waals surface area contributed by atoms with E-state index in [0.717, 1.165) is 16.6 Å². The minimum Gasteiger partial charge on any atom is -0.306 e. The van der Waals surface area contributed by atoms with Crippen molar-refractivity contribution in [2.24, 2.45) is 0 Å². The van der Waals surface area contributed by atoms with E-state index in [2.05, 4.69) is 40.2 Å². The highest BCUT2D eigenvalue weighted by atomic mass is 79.9. The maximum atomic E-state index is 13.1. The number of benzene rings is 1. The number of nitrogens with zero attached hydrogens (tertiary/aromatic N) is 2. The number of halogens is 2. The van der Waals surface area contributed by atoms with Crippen molar-refractivity contribution in [1.29, 1.82) is 0 Å². The first-order valence-electron chi connectivity index (χ1n) is 6.24. The van der Waals surface area contributed by atoms with Crippen LogP contribution >= 0.6 is 15.9 Å². The van der Waals surface area contributed by atoms with Crippen molar-refractivity contribution in [1.82, 2.24) is 15.1 Å². The highest BCUT2D eigenvalue weighted by molar-refractivity contribution is 9.10. The van der Waals surface area contributed by atoms with Crippen LogP contribution in [0.25, 0.3) is 0 Å². The molecule has 0 aliphatic carbocycles. The van der Waals surface area contributed by atoms with Gasteiger partial charge < -0.3 is 5.32 Å². The number of hydrogen-bond donors (Lipinski definition) is 1. The second kappa shape index (κ2) is 6.30. The molecule has 1 N–H and O–H groups in total. The third-order valence-electron chi connectivity index (χ3n) is 2.98. The summed E-state index contributed by atoms with van der Waals surface area (Å²) in [5.41, 5.74) is 1.05. The molecule has 0 aliphatic rings. The fourth-order valence-corrected chi connectivity index (χ4v) is 2.81. The van der Waals surface area contributed by atoms with E-state index >= 15 is 0 Å². The van der Waals surface area contributed by atoms with Crippen LogP contribution in [0.4, 0.5) is 4.39 Å². The molecular formula is C14H17BrFN3. The molecule has 2 rings (SSSR count). The SMILES string of the molecule is CC(Cn1cccn1)NC(C)c1ccc(F)cc1Br. The molecule has 2 unspecified atom stereocenters. The fraction of sp³-hybridized carbons (Fsp3) is 0.357. The third kappa shape index (κ3) is 3.88. The maximum Gasteiger partial charge on any atom is 0.124 e. The predicted molar refractivity (Wildman–Crippen MR) is 77.3 cm³/mol. The molecule has 0 spiro atoms. The van der Waals surface area contributed by atoms with Crippen molar-refractivity contribution < 1.29 is 4.39 Å². The largest absolute Gasteiger partial charge is 0.306 e. The van der Waals surface area contributed by atoms with E-state index in [9.17, 15) is 4.39 Å². The molecule has 3 nitrogen and oxygen atoms in total. The van der Waals surface area contributed by atoms with Crippen LogP contribution in [0.15, 0.2) is 41.1 Å². The van der Waals surface area contributed by atoms with Gasteiger partial charge >= 0.3 is 0 Å². The molecule has 0 saturated heterocycles. The molecule has 0 bridgehead atoms. The first-order chi connectivity index (χ1) is 9.06. The summed E-state index contributed by atoms with van der Waals surface area (Å²) in [6, 6.07) is 7.10. The summed E-state index contributed by atoms with van der Waals surface area (Å²) in [5.74, 6) is -0.229. The minimum absolute atomic E-state index is 0.139. The Balaban J connectivity index is 1.98. The number of nitrogens with one attached hydrogen (secondary N) is 1. The van der Waals surface area contributed by atoms with Crippen molar-refractivity contribution in [2.75, 3.05) is 0 Å². The van der Waals surface area contributed by atoms with Crippen molar-refractivity contribution in [2.45, 2.75) is 32.5 Å². The molecule has 1 aromatic carbocycles. The van der Waals surface area contributed by atoms with Crippen molar-refractivity contribution >= 4 is 15.9 Å². The van der Waals surface area contributed by atoms with E-state index in [-0.39, 0.29) is 17.9 Å². The fourth-order valence-electron chi connectivity index (χ4n) is 2.11. The Kier molecular flexibility index (Phi) is 4.71. The van der Waals surface area contributed by atoms with Crippen LogP contribution in [0.1, 0.15) is 25.5 Å². The lowest BCUT2D eigenvalue weighted by Gasteiger charge is -2.21. The van der Waals surface area contributed by atoms with Crippen LogP contribution in [-0.2, 0) is 6.54 Å². The molecule has 5 heteroatoms. The van der Waals surface area contributed by atoms with Gasteiger partial charge in [-0.15, -0.1) is 0 Å². The van der Waals surface area contributed by atoms with Gasteiger partial charge in [-0.2, -0.15) is 5.10 Å². The zero-order chi connectivity index (χ0) is 13.8. The van der Waals surface area contributed by atoms with E-state index in [1.54, 1.807) is 12.3 Å². The quantitative estimate of drug-likeness (QED) is 0.911. The molecule has 0 aliphatic heterocycles. The Bertz CT molecular complexity index is 527. The van der Waals surface area contributed by atoms with Crippen molar-refractivity contribution in [3.05, 3.63) is 52.5 Å². The first kappa shape index (κ1) is 14.2. The number of hydrogen-bond acceptors (Lipinski definition) is 2. The number of rotatable bonds is 5. The Morgan fingerprint density at radius 2 is 2.21 bits per heavy atom. The van der Waals surface area contributed by atoms with E-state index in [0.29, 0.717) is 0 Å². The van der Waals surface area contributed by atoms with E-state index in [1.807, 2.05) is 16.9 Å². The predicted octanol–water partition coefficient (Wildman–Crippen LogP) is 3.52. The Morgan fingerprint density at radius 3 is 2.84 bits per heavy atom. The lowest BCUT2D eigenvalue weighted by Crippen LogP contribution is -2.33. The van der Waals surface area contributed by atoms with Crippen LogP contribution in [0.5, 0.6) is 0 Å². The summed E-state index contributed by atoms with van der Waals surface area (Å²) in [6.45, 7) is 4.98. The molecular weight excluding hydrogens is 309 g/mol. The summed E-state index contributed by atoms with van der Waals surface area (Å²) in [5, 5.41) is 7.66. The molecule has 0 radical (unpaired) electrons. The molecule has 102 valence electrons. The van der Waals surface area contributed by atoms with E-state index < -0.39 is 0 Å². The average Bonchev–Trinajstić information content (AvgIpc) is 2.81. The van der Waals surface area contributed by atoms with Crippen LogP contribution in [-0.4, -0.2) is 15.8 Å². The van der Waals surface area contributed by atoms with Gasteiger partial charge in [-0.3, -0.25) is 4.68 Å². The van der Waals surface area contributed by atoms with Gasteiger partial charge in [0.2, 0.25) is 0 Å². The second-order valence-corrected chi connectivity index (χ2v) is 5.54. The Labute approximate surface area is 121 Å². The normalized spacial score (nSPS) is 14.3. The molecule has 1 heterocycles.